The molecule has 0 spiro atoms. The lowest BCUT2D eigenvalue weighted by Crippen LogP contribution is -2.38. The van der Waals surface area contributed by atoms with Crippen molar-refractivity contribution in [2.24, 2.45) is 0 Å². The lowest BCUT2D eigenvalue weighted by Gasteiger charge is -2.22. The molecule has 0 aromatic heterocycles. The van der Waals surface area contributed by atoms with Gasteiger partial charge in [-0.2, -0.15) is 13.2 Å². The summed E-state index contributed by atoms with van der Waals surface area (Å²) in [5.41, 5.74) is -1.91. The molecule has 0 radical (unpaired) electrons. The van der Waals surface area contributed by atoms with E-state index < -0.39 is 47.4 Å². The number of hydrogen-bond donors (Lipinski definition) is 1. The maximum Gasteiger partial charge on any atom is 0.419 e. The van der Waals surface area contributed by atoms with Crippen LogP contribution in [0.2, 0.25) is 0 Å². The quantitative estimate of drug-likeness (QED) is 0.672. The van der Waals surface area contributed by atoms with E-state index in [1.165, 1.54) is 4.90 Å². The SMILES string of the molecule is O=C(CN1CCCN(C(=O)Cc2cccc(C(F)(F)F)c2F)CC1)Nc1ccc(F)cc1F. The lowest BCUT2D eigenvalue weighted by molar-refractivity contribution is -0.140. The van der Waals surface area contributed by atoms with Gasteiger partial charge in [-0.3, -0.25) is 14.5 Å². The molecule has 2 amide bonds. The fourth-order valence-corrected chi connectivity index (χ4v) is 3.57. The first-order valence-corrected chi connectivity index (χ1v) is 10.1. The summed E-state index contributed by atoms with van der Waals surface area (Å²) >= 11 is 0. The van der Waals surface area contributed by atoms with Gasteiger partial charge in [-0.15, -0.1) is 0 Å². The third kappa shape index (κ3) is 6.47. The van der Waals surface area contributed by atoms with Gasteiger partial charge in [0.25, 0.3) is 0 Å². The Kier molecular flexibility index (Phi) is 7.62. The Labute approximate surface area is 186 Å². The fraction of sp³-hybridized carbons (Fsp3) is 0.364. The molecular formula is C22H21F6N3O2. The van der Waals surface area contributed by atoms with E-state index in [9.17, 15) is 35.9 Å². The fourth-order valence-electron chi connectivity index (χ4n) is 3.57. The molecule has 1 aliphatic rings. The van der Waals surface area contributed by atoms with Crippen LogP contribution in [0.5, 0.6) is 0 Å². The summed E-state index contributed by atoms with van der Waals surface area (Å²) in [6.45, 7) is 1.12. The molecule has 178 valence electrons. The van der Waals surface area contributed by atoms with Gasteiger partial charge in [0, 0.05) is 32.2 Å². The molecule has 1 N–H and O–H groups in total. The molecule has 0 saturated carbocycles. The van der Waals surface area contributed by atoms with Crippen molar-refractivity contribution >= 4 is 17.5 Å². The second-order valence-electron chi connectivity index (χ2n) is 7.64. The molecule has 1 heterocycles. The van der Waals surface area contributed by atoms with Crippen molar-refractivity contribution in [3.63, 3.8) is 0 Å². The number of nitrogens with one attached hydrogen (secondary N) is 1. The maximum atomic E-state index is 14.2. The van der Waals surface area contributed by atoms with Crippen molar-refractivity contribution in [3.8, 4) is 0 Å². The van der Waals surface area contributed by atoms with E-state index in [2.05, 4.69) is 5.32 Å². The molecular weight excluding hydrogens is 452 g/mol. The Morgan fingerprint density at radius 2 is 1.73 bits per heavy atom. The van der Waals surface area contributed by atoms with E-state index in [-0.39, 0.29) is 30.9 Å². The van der Waals surface area contributed by atoms with Crippen LogP contribution < -0.4 is 5.32 Å². The van der Waals surface area contributed by atoms with Gasteiger partial charge in [0.2, 0.25) is 11.8 Å². The summed E-state index contributed by atoms with van der Waals surface area (Å²) in [5, 5.41) is 2.36. The van der Waals surface area contributed by atoms with E-state index in [1.807, 2.05) is 0 Å². The molecule has 0 atom stereocenters. The van der Waals surface area contributed by atoms with Crippen molar-refractivity contribution in [1.29, 1.82) is 0 Å². The van der Waals surface area contributed by atoms with Crippen LogP contribution in [-0.4, -0.2) is 54.3 Å². The van der Waals surface area contributed by atoms with Crippen LogP contribution in [0.1, 0.15) is 17.5 Å². The smallest absolute Gasteiger partial charge is 0.341 e. The first-order valence-electron chi connectivity index (χ1n) is 10.1. The second kappa shape index (κ2) is 10.2. The monoisotopic (exact) mass is 473 g/mol. The maximum absolute atomic E-state index is 14.2. The number of carbonyl (C=O) groups excluding carboxylic acids is 2. The molecule has 1 fully saturated rings. The number of rotatable bonds is 5. The van der Waals surface area contributed by atoms with Gasteiger partial charge in [-0.25, -0.2) is 13.2 Å². The predicted octanol–water partition coefficient (Wildman–Crippen LogP) is 3.84. The number of alkyl halides is 3. The highest BCUT2D eigenvalue weighted by molar-refractivity contribution is 5.92. The molecule has 1 aliphatic heterocycles. The standard InChI is InChI=1S/C22H21F6N3O2/c23-15-5-6-18(17(24)12-15)29-19(32)13-30-7-2-8-31(10-9-30)20(33)11-14-3-1-4-16(21(14)25)22(26,27)28/h1,3-6,12H,2,7-11,13H2,(H,29,32). The number of nitrogens with zero attached hydrogens (tertiary/aromatic N) is 2. The lowest BCUT2D eigenvalue weighted by atomic mass is 10.1. The highest BCUT2D eigenvalue weighted by Gasteiger charge is 2.35. The Balaban J connectivity index is 1.55. The van der Waals surface area contributed by atoms with E-state index >= 15 is 0 Å². The van der Waals surface area contributed by atoms with Crippen LogP contribution in [-0.2, 0) is 22.2 Å². The van der Waals surface area contributed by atoms with Crippen molar-refractivity contribution in [1.82, 2.24) is 9.80 Å². The van der Waals surface area contributed by atoms with Crippen LogP contribution in [0.4, 0.5) is 32.0 Å². The largest absolute Gasteiger partial charge is 0.419 e. The number of carbonyl (C=O) groups is 2. The van der Waals surface area contributed by atoms with E-state index in [0.717, 1.165) is 24.3 Å². The summed E-state index contributed by atoms with van der Waals surface area (Å²) in [4.78, 5) is 27.9. The molecule has 0 unspecified atom stereocenters. The van der Waals surface area contributed by atoms with Gasteiger partial charge in [0.15, 0.2) is 0 Å². The highest BCUT2D eigenvalue weighted by atomic mass is 19.4. The number of amides is 2. The number of halogens is 6. The van der Waals surface area contributed by atoms with Gasteiger partial charge in [-0.05, 0) is 30.2 Å². The zero-order valence-corrected chi connectivity index (χ0v) is 17.4. The molecule has 11 heteroatoms. The molecule has 5 nitrogen and oxygen atoms in total. The minimum atomic E-state index is -4.86. The van der Waals surface area contributed by atoms with Crippen molar-refractivity contribution in [2.75, 3.05) is 38.0 Å². The normalized spacial score (nSPS) is 15.3. The molecule has 3 rings (SSSR count). The molecule has 33 heavy (non-hydrogen) atoms. The van der Waals surface area contributed by atoms with Crippen LogP contribution in [0.25, 0.3) is 0 Å². The van der Waals surface area contributed by atoms with Crippen molar-refractivity contribution in [2.45, 2.75) is 19.0 Å². The van der Waals surface area contributed by atoms with Gasteiger partial charge >= 0.3 is 6.18 Å². The highest BCUT2D eigenvalue weighted by Crippen LogP contribution is 2.32. The average molecular weight is 473 g/mol. The van der Waals surface area contributed by atoms with Gasteiger partial charge in [0.1, 0.15) is 17.5 Å². The van der Waals surface area contributed by atoms with Gasteiger partial charge in [-0.1, -0.05) is 12.1 Å². The summed E-state index contributed by atoms with van der Waals surface area (Å²) in [6.07, 6.45) is -4.89. The molecule has 2 aromatic rings. The van der Waals surface area contributed by atoms with Crippen LogP contribution in [0.15, 0.2) is 36.4 Å². The number of hydrogen-bond acceptors (Lipinski definition) is 3. The van der Waals surface area contributed by atoms with Crippen LogP contribution in [0.3, 0.4) is 0 Å². The number of benzene rings is 2. The summed E-state index contributed by atoms with van der Waals surface area (Å²) in [7, 11) is 0. The predicted molar refractivity (Wildman–Crippen MR) is 108 cm³/mol. The van der Waals surface area contributed by atoms with E-state index in [4.69, 9.17) is 0 Å². The minimum absolute atomic E-state index is 0.0961. The molecule has 0 aliphatic carbocycles. The topological polar surface area (TPSA) is 52.7 Å². The number of anilines is 1. The van der Waals surface area contributed by atoms with Crippen LogP contribution in [0, 0.1) is 17.5 Å². The third-order valence-electron chi connectivity index (χ3n) is 5.24. The Morgan fingerprint density at radius 1 is 0.970 bits per heavy atom. The second-order valence-corrected chi connectivity index (χ2v) is 7.64. The average Bonchev–Trinajstić information content (AvgIpc) is 2.96. The van der Waals surface area contributed by atoms with Crippen molar-refractivity contribution in [3.05, 3.63) is 65.0 Å². The van der Waals surface area contributed by atoms with Gasteiger partial charge < -0.3 is 10.2 Å². The summed E-state index contributed by atoms with van der Waals surface area (Å²) in [6, 6.07) is 5.60. The van der Waals surface area contributed by atoms with E-state index in [0.29, 0.717) is 31.6 Å². The first kappa shape index (κ1) is 24.6. The summed E-state index contributed by atoms with van der Waals surface area (Å²) in [5.74, 6) is -4.18. The molecule has 0 bridgehead atoms. The Morgan fingerprint density at radius 3 is 2.42 bits per heavy atom. The molecule has 1 saturated heterocycles. The Bertz CT molecular complexity index is 1030. The first-order chi connectivity index (χ1) is 15.5. The zero-order valence-electron chi connectivity index (χ0n) is 17.4. The Hall–Kier alpha value is -3.08. The minimum Gasteiger partial charge on any atom is -0.341 e. The zero-order chi connectivity index (χ0) is 24.2. The van der Waals surface area contributed by atoms with Crippen LogP contribution >= 0.6 is 0 Å². The summed E-state index contributed by atoms with van der Waals surface area (Å²) < 4.78 is 79.5. The van der Waals surface area contributed by atoms with E-state index in [1.54, 1.807) is 4.90 Å². The van der Waals surface area contributed by atoms with Gasteiger partial charge in [0.05, 0.1) is 24.2 Å². The third-order valence-corrected chi connectivity index (χ3v) is 5.24. The molecule has 2 aromatic carbocycles. The van der Waals surface area contributed by atoms with Crippen molar-refractivity contribution < 1.29 is 35.9 Å².